The molecule has 12 aromatic rings. The molecule has 35 heteroatoms. The van der Waals surface area contributed by atoms with Gasteiger partial charge in [0, 0.05) is 83.2 Å². The minimum atomic E-state index is -4.45. The molecule has 0 aliphatic heterocycles. The molecule has 5 aromatic heterocycles. The number of nitro benzene ring substituents is 4. The molecule has 5 heterocycles. The molecule has 0 bridgehead atoms. The van der Waals surface area contributed by atoms with Crippen molar-refractivity contribution in [3.8, 4) is 55.6 Å². The number of alkyl halides is 3. The summed E-state index contributed by atoms with van der Waals surface area (Å²) in [5.41, 5.74) is 15.8. The highest BCUT2D eigenvalue weighted by molar-refractivity contribution is 9.10. The molecule has 15 rings (SSSR count). The van der Waals surface area contributed by atoms with E-state index in [1.54, 1.807) is 65.2 Å². The van der Waals surface area contributed by atoms with Gasteiger partial charge in [0.15, 0.2) is 0 Å². The minimum absolute atomic E-state index is 0.0268. The number of carbonyl (C=O) groups is 7. The van der Waals surface area contributed by atoms with Crippen LogP contribution in [0.4, 0.5) is 41.6 Å². The summed E-state index contributed by atoms with van der Waals surface area (Å²) in [6, 6.07) is 42.7. The molecular formula is C83H68BrF3N8O18S5. The molecule has 3 aliphatic carbocycles. The molecule has 3 aliphatic rings. The van der Waals surface area contributed by atoms with Crippen LogP contribution in [-0.4, -0.2) is 98.6 Å². The number of aromatic carboxylic acids is 1. The molecule has 7 aromatic carbocycles. The number of Topliss-reactive ketones (excluding diaryl/α,β-unsaturated/α-hetero) is 1. The van der Waals surface area contributed by atoms with Gasteiger partial charge in [0.2, 0.25) is 0 Å². The third-order valence-corrected chi connectivity index (χ3v) is 21.8. The molecule has 118 heavy (non-hydrogen) atoms. The fourth-order valence-corrected chi connectivity index (χ4v) is 14.9. The van der Waals surface area contributed by atoms with Crippen molar-refractivity contribution in [3.05, 3.63) is 313 Å². The van der Waals surface area contributed by atoms with Crippen LogP contribution in [0.3, 0.4) is 0 Å². The Balaban J connectivity index is 0.000000152. The Bertz CT molecular complexity index is 5660. The number of halogens is 4. The Morgan fingerprint density at radius 2 is 0.780 bits per heavy atom. The van der Waals surface area contributed by atoms with E-state index in [1.807, 2.05) is 79.4 Å². The number of nitrogens with zero attached hydrogens (tertiary/aromatic N) is 4. The number of ketones is 1. The maximum Gasteiger partial charge on any atom is 0.416 e. The molecule has 0 spiro atoms. The van der Waals surface area contributed by atoms with E-state index in [-0.39, 0.29) is 87.9 Å². The van der Waals surface area contributed by atoms with Gasteiger partial charge >= 0.3 is 24.1 Å². The first-order valence-electron chi connectivity index (χ1n) is 35.4. The van der Waals surface area contributed by atoms with Gasteiger partial charge in [-0.1, -0.05) is 30.3 Å². The minimum Gasteiger partial charge on any atom is -0.478 e. The molecular weight excluding hydrogens is 1690 g/mol. The summed E-state index contributed by atoms with van der Waals surface area (Å²) in [5, 5.41) is 80.1. The summed E-state index contributed by atoms with van der Waals surface area (Å²) in [6.07, 6.45) is 1.58. The van der Waals surface area contributed by atoms with Crippen LogP contribution < -0.4 is 21.7 Å². The Morgan fingerprint density at radius 3 is 1.15 bits per heavy atom. The lowest BCUT2D eigenvalue weighted by molar-refractivity contribution is -0.385. The first-order valence-corrected chi connectivity index (χ1v) is 40.9. The molecule has 26 nitrogen and oxygen atoms in total. The Labute approximate surface area is 698 Å². The maximum atomic E-state index is 13.0. The Morgan fingerprint density at radius 1 is 0.441 bits per heavy atom. The van der Waals surface area contributed by atoms with Gasteiger partial charge in [-0.2, -0.15) is 69.9 Å². The van der Waals surface area contributed by atoms with Crippen molar-refractivity contribution in [2.45, 2.75) is 75.7 Å². The van der Waals surface area contributed by atoms with E-state index in [1.165, 1.54) is 114 Å². The monoisotopic (exact) mass is 1760 g/mol. The fourth-order valence-electron chi connectivity index (χ4n) is 11.3. The number of nitrogens with two attached hydrogens (primary N) is 1. The number of esters is 2. The SMILES string of the molecule is COC(=O)c1ccc(-c2ccsc2)c([N+](=O)[O-])c1.COC(=O)c1ccc(Br)c([N+](=O)[O-])c1.Nc1cc(C(=O)NC2CC2)ccc1-c1ccsc1.O=C(Cc1cccc(C(F)(F)F)c1)Cc1cc(C(=O)NC2CC2)ccc1-c1ccsc1.O=C(NC1CC1)c1ccc(-c2ccsc2)c([N+](=O)[O-])c1.O=C(O)c1ccc(-c2ccsc2)c([N+](=O)[O-])c1. The normalized spacial score (nSPS) is 12.3. The van der Waals surface area contributed by atoms with Crippen molar-refractivity contribution in [2.75, 3.05) is 20.0 Å². The van der Waals surface area contributed by atoms with Crippen LogP contribution in [0.25, 0.3) is 55.6 Å². The highest BCUT2D eigenvalue weighted by Crippen LogP contribution is 2.38. The maximum absolute atomic E-state index is 13.0. The molecule has 0 unspecified atom stereocenters. The lowest BCUT2D eigenvalue weighted by Crippen LogP contribution is -2.25. The van der Waals surface area contributed by atoms with E-state index >= 15 is 0 Å². The summed E-state index contributed by atoms with van der Waals surface area (Å²) in [5.74, 6) is -3.02. The van der Waals surface area contributed by atoms with Gasteiger partial charge in [-0.15, -0.1) is 0 Å². The Kier molecular flexibility index (Phi) is 30.2. The van der Waals surface area contributed by atoms with Gasteiger partial charge in [-0.3, -0.25) is 59.6 Å². The number of hydrogen-bond donors (Lipinski definition) is 5. The van der Waals surface area contributed by atoms with Gasteiger partial charge in [-0.05, 0) is 262 Å². The van der Waals surface area contributed by atoms with Gasteiger partial charge in [0.25, 0.3) is 40.5 Å². The quantitative estimate of drug-likeness (QED) is 0.0182. The number of carboxylic acid groups (broad SMARTS) is 1. The number of rotatable bonds is 22. The largest absolute Gasteiger partial charge is 0.478 e. The van der Waals surface area contributed by atoms with Crippen molar-refractivity contribution in [1.82, 2.24) is 16.0 Å². The average Bonchev–Trinajstić information content (AvgIpc) is 1.57. The van der Waals surface area contributed by atoms with Crippen LogP contribution in [0.1, 0.15) is 117 Å². The summed E-state index contributed by atoms with van der Waals surface area (Å²) in [6.45, 7) is 0. The lowest BCUT2D eigenvalue weighted by atomic mass is 9.93. The third kappa shape index (κ3) is 24.6. The zero-order valence-electron chi connectivity index (χ0n) is 62.1. The molecule has 0 radical (unpaired) electrons. The van der Waals surface area contributed by atoms with Crippen molar-refractivity contribution < 1.29 is 81.0 Å². The van der Waals surface area contributed by atoms with Crippen molar-refractivity contribution in [3.63, 3.8) is 0 Å². The number of methoxy groups -OCH3 is 2. The van der Waals surface area contributed by atoms with Crippen LogP contribution in [0.15, 0.2) is 222 Å². The van der Waals surface area contributed by atoms with Crippen LogP contribution in [-0.2, 0) is 33.3 Å². The second-order valence-electron chi connectivity index (χ2n) is 26.2. The summed E-state index contributed by atoms with van der Waals surface area (Å²) < 4.78 is 48.2. The van der Waals surface area contributed by atoms with Crippen LogP contribution in [0, 0.1) is 40.5 Å². The van der Waals surface area contributed by atoms with Crippen LogP contribution >= 0.6 is 72.6 Å². The number of carboxylic acids is 1. The summed E-state index contributed by atoms with van der Waals surface area (Å²) >= 11 is 10.5. The first-order chi connectivity index (χ1) is 56.5. The number of carbonyl (C=O) groups excluding carboxylic acids is 6. The molecule has 3 fully saturated rings. The number of nitro groups is 4. The standard InChI is InChI=1S/C24H20F3NO2S.C14H12N2O3S.C14H14N2OS.C12H9NO4S.C11H7NO4S.C8H6BrNO4/c25-24(26,27)19-3-1-2-15(10-19)11-21(29)13-18-12-16(23(30)28-20-5-6-20)4-7-22(18)17-8-9-31-14-17;17-14(15-11-2-3-11)9-1-4-12(10-5-6-20-8-10)13(7-9)16(18)19;15-13-7-9(14(17)16-11-2-3-11)1-4-12(13)10-5-6-18-8-10;1-17-12(14)8-2-3-10(9-4-5-18-7-9)11(6-8)13(15)16;13-11(14)7-1-2-9(8-3-4-17-6-8)10(5-7)12(15)16;1-14-8(11)5-2-3-6(9)7(4-5)10(12)13/h1-4,7-10,12,14,20H,5-6,11,13H2,(H,28,30);1,4-8,11H,2-3H2,(H,15,17);1,4-8,11H,2-3,15H2,(H,16,17);2-7H,1H3;1-6H,(H,13,14);2-4H,1H3. The molecule has 0 atom stereocenters. The topological polar surface area (TPSA) is 393 Å². The first kappa shape index (κ1) is 87.6. The number of hydrogen-bond acceptors (Lipinski definition) is 23. The van der Waals surface area contributed by atoms with E-state index in [0.717, 1.165) is 102 Å². The number of nitrogens with one attached hydrogen (secondary N) is 3. The van der Waals surface area contributed by atoms with Crippen molar-refractivity contribution in [1.29, 1.82) is 0 Å². The average molecular weight is 1760 g/mol. The summed E-state index contributed by atoms with van der Waals surface area (Å²) in [7, 11) is 2.46. The lowest BCUT2D eigenvalue weighted by Gasteiger charge is -2.12. The van der Waals surface area contributed by atoms with E-state index in [4.69, 9.17) is 10.8 Å². The zero-order valence-corrected chi connectivity index (χ0v) is 67.7. The van der Waals surface area contributed by atoms with E-state index in [2.05, 4.69) is 46.7 Å². The fraction of sp³-hybridized carbons (Fsp3) is 0.169. The van der Waals surface area contributed by atoms with Gasteiger partial charge in [0.05, 0.1) is 77.3 Å². The highest BCUT2D eigenvalue weighted by atomic mass is 79.9. The van der Waals surface area contributed by atoms with E-state index in [0.29, 0.717) is 60.7 Å². The number of amides is 3. The Hall–Kier alpha value is -12.8. The van der Waals surface area contributed by atoms with E-state index < -0.39 is 49.3 Å². The summed E-state index contributed by atoms with van der Waals surface area (Å²) in [4.78, 5) is 124. The second kappa shape index (κ2) is 40.7. The smallest absolute Gasteiger partial charge is 0.416 e. The van der Waals surface area contributed by atoms with E-state index in [9.17, 15) is 87.2 Å². The van der Waals surface area contributed by atoms with Crippen molar-refractivity contribution in [2.24, 2.45) is 0 Å². The van der Waals surface area contributed by atoms with Crippen molar-refractivity contribution >= 4 is 142 Å². The predicted octanol–water partition coefficient (Wildman–Crippen LogP) is 20.1. The number of nitrogen functional groups attached to an aromatic ring is 1. The predicted molar refractivity (Wildman–Crippen MR) is 449 cm³/mol. The van der Waals surface area contributed by atoms with Crippen LogP contribution in [0.2, 0.25) is 0 Å². The number of thiophene rings is 5. The number of anilines is 1. The second-order valence-corrected chi connectivity index (χ2v) is 31.0. The molecule has 3 saturated carbocycles. The van der Waals surface area contributed by atoms with Gasteiger partial charge in [0.1, 0.15) is 5.78 Å². The molecule has 6 N–H and O–H groups in total. The van der Waals surface area contributed by atoms with Gasteiger partial charge in [-0.25, -0.2) is 14.4 Å². The number of ether oxygens (including phenoxy) is 2. The highest BCUT2D eigenvalue weighted by Gasteiger charge is 2.32. The molecule has 0 saturated heterocycles. The molecule has 606 valence electrons. The third-order valence-electron chi connectivity index (χ3n) is 17.7. The zero-order chi connectivity index (χ0) is 84.9. The molecule has 3 amide bonds. The van der Waals surface area contributed by atoms with Crippen LogP contribution in [0.5, 0.6) is 0 Å². The number of benzene rings is 7. The van der Waals surface area contributed by atoms with Gasteiger partial charge < -0.3 is 36.3 Å².